The van der Waals surface area contributed by atoms with Crippen molar-refractivity contribution < 1.29 is 18.0 Å². The zero-order chi connectivity index (χ0) is 17.0. The number of carbonyl (C=O) groups excluding carboxylic acids is 1. The molecule has 24 heavy (non-hydrogen) atoms. The number of nitrogens with zero attached hydrogens (tertiary/aromatic N) is 2. The van der Waals surface area contributed by atoms with Crippen LogP contribution in [0.4, 0.5) is 13.2 Å². The van der Waals surface area contributed by atoms with Crippen molar-refractivity contribution in [3.8, 4) is 0 Å². The highest BCUT2D eigenvalue weighted by atomic mass is 127. The van der Waals surface area contributed by atoms with Crippen molar-refractivity contribution >= 4 is 35.8 Å². The standard InChI is InChI=1S/C15H25F3N4O.HI/c1-22(2)13(23)9-19-14(21-12-7-8-12)20-11-5-3-10(4-6-11)15(16,17)18;/h10-12H,3-9H2,1-2H3,(H2,19,20,21);1H. The quantitative estimate of drug-likeness (QED) is 0.384. The smallest absolute Gasteiger partial charge is 0.354 e. The molecular weight excluding hydrogens is 436 g/mol. The van der Waals surface area contributed by atoms with Crippen LogP contribution in [-0.2, 0) is 4.79 Å². The maximum atomic E-state index is 12.7. The summed E-state index contributed by atoms with van der Waals surface area (Å²) in [6, 6.07) is 0.343. The van der Waals surface area contributed by atoms with Crippen LogP contribution in [0, 0.1) is 5.92 Å². The van der Waals surface area contributed by atoms with Gasteiger partial charge in [0.15, 0.2) is 5.96 Å². The van der Waals surface area contributed by atoms with Crippen molar-refractivity contribution in [2.75, 3.05) is 20.6 Å². The average molecular weight is 462 g/mol. The molecule has 0 bridgehead atoms. The number of hydrogen-bond donors (Lipinski definition) is 2. The summed E-state index contributed by atoms with van der Waals surface area (Å²) in [5.74, 6) is -0.756. The Morgan fingerprint density at radius 2 is 1.50 bits per heavy atom. The number of carbonyl (C=O) groups is 1. The molecule has 0 aromatic carbocycles. The molecule has 2 aliphatic rings. The Morgan fingerprint density at radius 3 is 1.88 bits per heavy atom. The predicted molar refractivity (Wildman–Crippen MR) is 97.5 cm³/mol. The molecule has 2 saturated carbocycles. The number of nitrogens with one attached hydrogen (secondary N) is 2. The second-order valence-corrected chi connectivity index (χ2v) is 6.61. The summed E-state index contributed by atoms with van der Waals surface area (Å²) < 4.78 is 38.1. The number of halogens is 4. The predicted octanol–water partition coefficient (Wildman–Crippen LogP) is 2.51. The molecule has 0 radical (unpaired) electrons. The third-order valence-electron chi connectivity index (χ3n) is 4.32. The van der Waals surface area contributed by atoms with Gasteiger partial charge in [-0.25, -0.2) is 4.99 Å². The van der Waals surface area contributed by atoms with Crippen LogP contribution in [0.5, 0.6) is 0 Å². The lowest BCUT2D eigenvalue weighted by atomic mass is 9.85. The Morgan fingerprint density at radius 1 is 1.04 bits per heavy atom. The summed E-state index contributed by atoms with van der Waals surface area (Å²) >= 11 is 0. The van der Waals surface area contributed by atoms with Crippen molar-refractivity contribution in [1.82, 2.24) is 15.5 Å². The van der Waals surface area contributed by atoms with Crippen molar-refractivity contribution in [3.05, 3.63) is 0 Å². The van der Waals surface area contributed by atoms with Crippen LogP contribution in [0.2, 0.25) is 0 Å². The zero-order valence-corrected chi connectivity index (χ0v) is 16.4. The van der Waals surface area contributed by atoms with Crippen LogP contribution in [0.25, 0.3) is 0 Å². The Bertz CT molecular complexity index is 444. The van der Waals surface area contributed by atoms with Crippen molar-refractivity contribution in [1.29, 1.82) is 0 Å². The number of hydrogen-bond acceptors (Lipinski definition) is 2. The minimum absolute atomic E-state index is 0. The van der Waals surface area contributed by atoms with E-state index in [4.69, 9.17) is 0 Å². The number of guanidine groups is 1. The van der Waals surface area contributed by atoms with Gasteiger partial charge in [0, 0.05) is 26.2 Å². The summed E-state index contributed by atoms with van der Waals surface area (Å²) in [5, 5.41) is 6.41. The second-order valence-electron chi connectivity index (χ2n) is 6.61. The molecule has 2 rings (SSSR count). The molecule has 0 aliphatic heterocycles. The molecule has 140 valence electrons. The van der Waals surface area contributed by atoms with E-state index < -0.39 is 12.1 Å². The third kappa shape index (κ3) is 7.02. The Hall–Kier alpha value is -0.740. The molecule has 0 aromatic rings. The van der Waals surface area contributed by atoms with Crippen molar-refractivity contribution in [2.24, 2.45) is 10.9 Å². The number of aliphatic imine (C=N–C) groups is 1. The molecule has 0 aromatic heterocycles. The molecule has 9 heteroatoms. The van der Waals surface area contributed by atoms with Crippen LogP contribution >= 0.6 is 24.0 Å². The zero-order valence-electron chi connectivity index (χ0n) is 14.0. The van der Waals surface area contributed by atoms with E-state index in [1.165, 1.54) is 4.90 Å². The summed E-state index contributed by atoms with van der Waals surface area (Å²) in [6.45, 7) is 0.0347. The maximum absolute atomic E-state index is 12.7. The highest BCUT2D eigenvalue weighted by Crippen LogP contribution is 2.37. The molecular formula is C15H26F3IN4O. The van der Waals surface area contributed by atoms with Gasteiger partial charge in [0.2, 0.25) is 5.91 Å². The fourth-order valence-corrected chi connectivity index (χ4v) is 2.60. The number of amides is 1. The molecule has 0 saturated heterocycles. The average Bonchev–Trinajstić information content (AvgIpc) is 3.28. The van der Waals surface area contributed by atoms with E-state index >= 15 is 0 Å². The first kappa shape index (κ1) is 21.3. The number of alkyl halides is 3. The van der Waals surface area contributed by atoms with Gasteiger partial charge in [-0.1, -0.05) is 0 Å². The monoisotopic (exact) mass is 462 g/mol. The Kier molecular flexibility index (Phi) is 8.07. The summed E-state index contributed by atoms with van der Waals surface area (Å²) in [5.41, 5.74) is 0. The Balaban J connectivity index is 0.00000288. The molecule has 0 atom stereocenters. The van der Waals surface area contributed by atoms with E-state index in [-0.39, 0.29) is 55.3 Å². The lowest BCUT2D eigenvalue weighted by Crippen LogP contribution is -2.47. The molecule has 0 unspecified atom stereocenters. The topological polar surface area (TPSA) is 56.7 Å². The fraction of sp³-hybridized carbons (Fsp3) is 0.867. The molecule has 0 heterocycles. The van der Waals surface area contributed by atoms with E-state index in [1.807, 2.05) is 0 Å². The summed E-state index contributed by atoms with van der Waals surface area (Å²) in [4.78, 5) is 17.4. The molecule has 0 spiro atoms. The Labute approximate surface area is 157 Å². The largest absolute Gasteiger partial charge is 0.391 e. The van der Waals surface area contributed by atoms with Gasteiger partial charge in [-0.2, -0.15) is 13.2 Å². The molecule has 2 N–H and O–H groups in total. The van der Waals surface area contributed by atoms with Gasteiger partial charge in [-0.05, 0) is 38.5 Å². The minimum atomic E-state index is -4.09. The molecule has 2 aliphatic carbocycles. The van der Waals surface area contributed by atoms with Crippen LogP contribution in [0.15, 0.2) is 4.99 Å². The van der Waals surface area contributed by atoms with Crippen LogP contribution in [0.3, 0.4) is 0 Å². The highest BCUT2D eigenvalue weighted by Gasteiger charge is 2.41. The summed E-state index contributed by atoms with van der Waals surface area (Å²) in [7, 11) is 3.33. The lowest BCUT2D eigenvalue weighted by molar-refractivity contribution is -0.182. The first-order valence-electron chi connectivity index (χ1n) is 8.10. The van der Waals surface area contributed by atoms with Gasteiger partial charge in [-0.15, -0.1) is 24.0 Å². The van der Waals surface area contributed by atoms with Crippen LogP contribution < -0.4 is 10.6 Å². The number of likely N-dealkylation sites (N-methyl/N-ethyl adjacent to an activating group) is 1. The van der Waals surface area contributed by atoms with Crippen LogP contribution in [0.1, 0.15) is 38.5 Å². The first-order chi connectivity index (χ1) is 10.8. The SMILES string of the molecule is CN(C)C(=O)CN=C(NC1CC1)NC1CCC(C(F)(F)F)CC1.I. The lowest BCUT2D eigenvalue weighted by Gasteiger charge is -2.31. The highest BCUT2D eigenvalue weighted by molar-refractivity contribution is 14.0. The van der Waals surface area contributed by atoms with E-state index in [0.717, 1.165) is 12.8 Å². The van der Waals surface area contributed by atoms with Crippen molar-refractivity contribution in [3.63, 3.8) is 0 Å². The van der Waals surface area contributed by atoms with Gasteiger partial charge in [0.1, 0.15) is 6.54 Å². The van der Waals surface area contributed by atoms with E-state index in [2.05, 4.69) is 15.6 Å². The van der Waals surface area contributed by atoms with Gasteiger partial charge in [0.05, 0.1) is 5.92 Å². The molecule has 2 fully saturated rings. The van der Waals surface area contributed by atoms with E-state index in [0.29, 0.717) is 24.8 Å². The fourth-order valence-electron chi connectivity index (χ4n) is 2.60. The van der Waals surface area contributed by atoms with Gasteiger partial charge in [-0.3, -0.25) is 4.79 Å². The first-order valence-corrected chi connectivity index (χ1v) is 8.10. The van der Waals surface area contributed by atoms with Gasteiger partial charge < -0.3 is 15.5 Å². The van der Waals surface area contributed by atoms with Gasteiger partial charge in [0.25, 0.3) is 0 Å². The normalized spacial score (nSPS) is 24.8. The number of rotatable bonds is 4. The second kappa shape index (κ2) is 9.10. The molecule has 5 nitrogen and oxygen atoms in total. The summed E-state index contributed by atoms with van der Waals surface area (Å²) in [6.07, 6.45) is -0.740. The van der Waals surface area contributed by atoms with E-state index in [1.54, 1.807) is 14.1 Å². The molecule has 1 amide bonds. The third-order valence-corrected chi connectivity index (χ3v) is 4.32. The minimum Gasteiger partial charge on any atom is -0.354 e. The van der Waals surface area contributed by atoms with Gasteiger partial charge >= 0.3 is 6.18 Å². The van der Waals surface area contributed by atoms with E-state index in [9.17, 15) is 18.0 Å². The van der Waals surface area contributed by atoms with Crippen LogP contribution in [-0.4, -0.2) is 55.7 Å². The maximum Gasteiger partial charge on any atom is 0.391 e. The van der Waals surface area contributed by atoms with Crippen molar-refractivity contribution in [2.45, 2.75) is 56.8 Å².